The van der Waals surface area contributed by atoms with E-state index in [1.54, 1.807) is 0 Å². The zero-order valence-corrected chi connectivity index (χ0v) is 12.3. The Morgan fingerprint density at radius 3 is 2.52 bits per heavy atom. The molecule has 0 aliphatic heterocycles. The summed E-state index contributed by atoms with van der Waals surface area (Å²) < 4.78 is 7.85. The third-order valence-electron chi connectivity index (χ3n) is 3.67. The highest BCUT2D eigenvalue weighted by atomic mass is 16.5. The number of ether oxygens (including phenoxy) is 1. The minimum absolute atomic E-state index is 0.536. The Morgan fingerprint density at radius 2 is 1.81 bits per heavy atom. The van der Waals surface area contributed by atoms with Crippen LogP contribution >= 0.6 is 0 Å². The quantitative estimate of drug-likeness (QED) is 0.800. The molecule has 1 aromatic heterocycles. The number of fused-ring (bicyclic) bond motifs is 1. The van der Waals surface area contributed by atoms with Gasteiger partial charge in [0.1, 0.15) is 17.9 Å². The van der Waals surface area contributed by atoms with Crippen LogP contribution in [0, 0.1) is 6.92 Å². The second-order valence-corrected chi connectivity index (χ2v) is 5.17. The molecule has 3 aromatic rings. The molecule has 0 saturated heterocycles. The van der Waals surface area contributed by atoms with Crippen molar-refractivity contribution in [3.63, 3.8) is 0 Å². The highest BCUT2D eigenvalue weighted by Crippen LogP contribution is 2.27. The minimum atomic E-state index is 0.536. The van der Waals surface area contributed by atoms with Gasteiger partial charge in [0.05, 0.1) is 5.69 Å². The van der Waals surface area contributed by atoms with Gasteiger partial charge in [-0.15, -0.1) is 0 Å². The first-order valence-electron chi connectivity index (χ1n) is 7.02. The summed E-state index contributed by atoms with van der Waals surface area (Å²) in [4.78, 5) is 0. The first kappa shape index (κ1) is 13.6. The summed E-state index contributed by atoms with van der Waals surface area (Å²) in [6.45, 7) is 3.11. The van der Waals surface area contributed by atoms with Crippen LogP contribution in [0.4, 0.5) is 0 Å². The first-order valence-corrected chi connectivity index (χ1v) is 7.02. The standard InChI is InChI=1S/C17H19N3O/c1-12-15-4-3-5-16(17(15)20(2)19-12)21-11-14-8-6-13(10-18)7-9-14/h3-9H,10-11,18H2,1-2H3. The molecule has 0 saturated carbocycles. The van der Waals surface area contributed by atoms with E-state index in [4.69, 9.17) is 10.5 Å². The monoisotopic (exact) mass is 281 g/mol. The maximum atomic E-state index is 5.98. The van der Waals surface area contributed by atoms with Crippen molar-refractivity contribution >= 4 is 10.9 Å². The van der Waals surface area contributed by atoms with Gasteiger partial charge < -0.3 is 10.5 Å². The van der Waals surface area contributed by atoms with Crippen molar-refractivity contribution < 1.29 is 4.74 Å². The molecule has 3 rings (SSSR count). The molecule has 0 radical (unpaired) electrons. The number of nitrogens with two attached hydrogens (primary N) is 1. The van der Waals surface area contributed by atoms with Gasteiger partial charge in [0, 0.05) is 19.0 Å². The van der Waals surface area contributed by atoms with Crippen LogP contribution in [0.1, 0.15) is 16.8 Å². The van der Waals surface area contributed by atoms with E-state index in [9.17, 15) is 0 Å². The number of hydrogen-bond acceptors (Lipinski definition) is 3. The predicted molar refractivity (Wildman–Crippen MR) is 84.1 cm³/mol. The van der Waals surface area contributed by atoms with Gasteiger partial charge in [0.15, 0.2) is 0 Å². The molecule has 0 unspecified atom stereocenters. The third-order valence-corrected chi connectivity index (χ3v) is 3.67. The van der Waals surface area contributed by atoms with Crippen molar-refractivity contribution in [1.29, 1.82) is 0 Å². The molecule has 4 nitrogen and oxygen atoms in total. The van der Waals surface area contributed by atoms with E-state index in [-0.39, 0.29) is 0 Å². The van der Waals surface area contributed by atoms with Gasteiger partial charge in [-0.25, -0.2) is 0 Å². The van der Waals surface area contributed by atoms with Crippen LogP contribution in [-0.4, -0.2) is 9.78 Å². The fraction of sp³-hybridized carbons (Fsp3) is 0.235. The van der Waals surface area contributed by atoms with Gasteiger partial charge in [0.2, 0.25) is 0 Å². The van der Waals surface area contributed by atoms with Crippen molar-refractivity contribution in [3.05, 3.63) is 59.3 Å². The van der Waals surface area contributed by atoms with Crippen LogP contribution in [0.3, 0.4) is 0 Å². The third kappa shape index (κ3) is 2.62. The average molecular weight is 281 g/mol. The average Bonchev–Trinajstić information content (AvgIpc) is 2.81. The fourth-order valence-electron chi connectivity index (χ4n) is 2.53. The van der Waals surface area contributed by atoms with Crippen molar-refractivity contribution in [2.24, 2.45) is 12.8 Å². The lowest BCUT2D eigenvalue weighted by Gasteiger charge is -2.09. The van der Waals surface area contributed by atoms with Crippen molar-refractivity contribution in [2.45, 2.75) is 20.1 Å². The van der Waals surface area contributed by atoms with Crippen LogP contribution in [0.2, 0.25) is 0 Å². The lowest BCUT2D eigenvalue weighted by atomic mass is 10.1. The molecule has 0 bridgehead atoms. The Labute approximate surface area is 124 Å². The van der Waals surface area contributed by atoms with Crippen LogP contribution in [0.15, 0.2) is 42.5 Å². The second-order valence-electron chi connectivity index (χ2n) is 5.17. The van der Waals surface area contributed by atoms with Gasteiger partial charge in [-0.05, 0) is 24.1 Å². The van der Waals surface area contributed by atoms with Crippen LogP contribution < -0.4 is 10.5 Å². The van der Waals surface area contributed by atoms with E-state index >= 15 is 0 Å². The van der Waals surface area contributed by atoms with Gasteiger partial charge >= 0.3 is 0 Å². The van der Waals surface area contributed by atoms with Crippen LogP contribution in [-0.2, 0) is 20.2 Å². The van der Waals surface area contributed by atoms with Crippen LogP contribution in [0.25, 0.3) is 10.9 Å². The predicted octanol–water partition coefficient (Wildman–Crippen LogP) is 2.92. The zero-order valence-electron chi connectivity index (χ0n) is 12.3. The second kappa shape index (κ2) is 5.58. The first-order chi connectivity index (χ1) is 10.2. The Morgan fingerprint density at radius 1 is 1.10 bits per heavy atom. The Hall–Kier alpha value is -2.33. The van der Waals surface area contributed by atoms with E-state index < -0.39 is 0 Å². The van der Waals surface area contributed by atoms with Gasteiger partial charge in [0.25, 0.3) is 0 Å². The molecule has 2 N–H and O–H groups in total. The lowest BCUT2D eigenvalue weighted by molar-refractivity contribution is 0.308. The number of aryl methyl sites for hydroxylation is 2. The van der Waals surface area contributed by atoms with Crippen molar-refractivity contribution in [3.8, 4) is 5.75 Å². The van der Waals surface area contributed by atoms with E-state index in [1.807, 2.05) is 42.9 Å². The molecule has 0 atom stereocenters. The number of para-hydroxylation sites is 1. The molecule has 21 heavy (non-hydrogen) atoms. The smallest absolute Gasteiger partial charge is 0.145 e. The number of benzene rings is 2. The molecule has 0 aliphatic carbocycles. The molecular formula is C17H19N3O. The van der Waals surface area contributed by atoms with E-state index in [0.29, 0.717) is 13.2 Å². The summed E-state index contributed by atoms with van der Waals surface area (Å²) in [6, 6.07) is 14.2. The molecular weight excluding hydrogens is 262 g/mol. The highest BCUT2D eigenvalue weighted by Gasteiger charge is 2.10. The fourth-order valence-corrected chi connectivity index (χ4v) is 2.53. The summed E-state index contributed by atoms with van der Waals surface area (Å²) in [5, 5.41) is 5.58. The summed E-state index contributed by atoms with van der Waals surface area (Å²) in [5.41, 5.74) is 9.92. The molecule has 108 valence electrons. The Balaban J connectivity index is 1.84. The SMILES string of the molecule is Cc1nn(C)c2c(OCc3ccc(CN)cc3)cccc12. The normalized spacial score (nSPS) is 11.0. The molecule has 0 amide bonds. The number of nitrogens with zero attached hydrogens (tertiary/aromatic N) is 2. The molecule has 1 heterocycles. The lowest BCUT2D eigenvalue weighted by Crippen LogP contribution is -2.00. The number of rotatable bonds is 4. The topological polar surface area (TPSA) is 53.1 Å². The Kier molecular flexibility index (Phi) is 3.62. The summed E-state index contributed by atoms with van der Waals surface area (Å²) in [5.74, 6) is 0.860. The number of aromatic nitrogens is 2. The van der Waals surface area contributed by atoms with Crippen LogP contribution in [0.5, 0.6) is 5.75 Å². The highest BCUT2D eigenvalue weighted by molar-refractivity contribution is 5.87. The molecule has 0 spiro atoms. The van der Waals surface area contributed by atoms with Crippen molar-refractivity contribution in [2.75, 3.05) is 0 Å². The molecule has 2 aromatic carbocycles. The minimum Gasteiger partial charge on any atom is -0.487 e. The molecule has 4 heteroatoms. The van der Waals surface area contributed by atoms with E-state index in [1.165, 1.54) is 0 Å². The maximum absolute atomic E-state index is 5.98. The largest absolute Gasteiger partial charge is 0.487 e. The van der Waals surface area contributed by atoms with Gasteiger partial charge in [-0.1, -0.05) is 36.4 Å². The van der Waals surface area contributed by atoms with Crippen molar-refractivity contribution in [1.82, 2.24) is 9.78 Å². The summed E-state index contributed by atoms with van der Waals surface area (Å²) >= 11 is 0. The van der Waals surface area contributed by atoms with E-state index in [2.05, 4.69) is 23.3 Å². The summed E-state index contributed by atoms with van der Waals surface area (Å²) in [6.07, 6.45) is 0. The van der Waals surface area contributed by atoms with Gasteiger partial charge in [-0.2, -0.15) is 5.10 Å². The van der Waals surface area contributed by atoms with E-state index in [0.717, 1.165) is 33.5 Å². The van der Waals surface area contributed by atoms with Gasteiger partial charge in [-0.3, -0.25) is 4.68 Å². The zero-order chi connectivity index (χ0) is 14.8. The number of hydrogen-bond donors (Lipinski definition) is 1. The Bertz CT molecular complexity index is 760. The maximum Gasteiger partial charge on any atom is 0.145 e. The molecule has 0 fully saturated rings. The molecule has 0 aliphatic rings. The summed E-state index contributed by atoms with van der Waals surface area (Å²) in [7, 11) is 1.94.